The summed E-state index contributed by atoms with van der Waals surface area (Å²) in [6.45, 7) is 104. The van der Waals surface area contributed by atoms with Crippen LogP contribution in [0.2, 0.25) is 0 Å². The summed E-state index contributed by atoms with van der Waals surface area (Å²) in [7, 11) is 10.2. The van der Waals surface area contributed by atoms with E-state index < -0.39 is 0 Å². The van der Waals surface area contributed by atoms with Gasteiger partial charge in [0, 0.05) is 72.0 Å². The first-order valence-corrected chi connectivity index (χ1v) is 51.3. The largest absolute Gasteiger partial charge is 0.466 e. The van der Waals surface area contributed by atoms with Crippen molar-refractivity contribution < 1.29 is 57.6 Å². The van der Waals surface area contributed by atoms with Crippen LogP contribution in [0.3, 0.4) is 0 Å². The van der Waals surface area contributed by atoms with Gasteiger partial charge in [-0.15, -0.1) is 0 Å². The predicted octanol–water partition coefficient (Wildman–Crippen LogP) is 29.7. The van der Waals surface area contributed by atoms with E-state index in [0.29, 0.717) is 61.9 Å². The lowest BCUT2D eigenvalue weighted by Crippen LogP contribution is -2.25. The number of aliphatic hydroxyl groups excluding tert-OH is 2. The third kappa shape index (κ3) is 198. The summed E-state index contributed by atoms with van der Waals surface area (Å²) in [5, 5.41) is 17.0. The molecule has 3 unspecified atom stereocenters. The fourth-order valence-corrected chi connectivity index (χ4v) is 10.5. The molecule has 15 heteroatoms. The molecule has 0 rings (SSSR count). The zero-order valence-electron chi connectivity index (χ0n) is 93.0. The van der Waals surface area contributed by atoms with Crippen molar-refractivity contribution in [3.05, 3.63) is 0 Å². The maximum Gasteiger partial charge on any atom is 0.308 e. The molecule has 0 saturated heterocycles. The lowest BCUT2D eigenvalue weighted by atomic mass is 9.83. The fraction of sp³-hybridized carbons (Fsp3) is 0.991. The minimum Gasteiger partial charge on any atom is -0.466 e. The molecule has 0 aromatic carbocycles. The summed E-state index contributed by atoms with van der Waals surface area (Å²) in [5.74, 6) is 10.7. The van der Waals surface area contributed by atoms with Gasteiger partial charge in [-0.1, -0.05) is 307 Å². The van der Waals surface area contributed by atoms with Gasteiger partial charge in [0.15, 0.2) is 0 Å². The molecule has 0 heterocycles. The van der Waals surface area contributed by atoms with E-state index >= 15 is 0 Å². The van der Waals surface area contributed by atoms with Crippen molar-refractivity contribution in [3.63, 3.8) is 0 Å². The van der Waals surface area contributed by atoms with E-state index in [1.807, 2.05) is 20.8 Å². The van der Waals surface area contributed by atoms with Crippen LogP contribution in [0, 0.1) is 93.7 Å². The summed E-state index contributed by atoms with van der Waals surface area (Å²) in [6, 6.07) is 0. The highest BCUT2D eigenvalue weighted by atomic mass is 16.5. The topological polar surface area (TPSA) is 150 Å². The molecule has 0 radical (unpaired) electrons. The number of hydrogen-bond acceptors (Lipinski definition) is 15. The van der Waals surface area contributed by atoms with E-state index in [1.54, 1.807) is 7.11 Å². The summed E-state index contributed by atoms with van der Waals surface area (Å²) < 4.78 is 47.8. The van der Waals surface area contributed by atoms with Crippen LogP contribution in [0.5, 0.6) is 0 Å². The van der Waals surface area contributed by atoms with E-state index in [9.17, 15) is 4.79 Å². The number of carbonyl (C=O) groups is 1. The van der Waals surface area contributed by atoms with Gasteiger partial charge < -0.3 is 67.5 Å². The molecule has 0 aliphatic heterocycles. The van der Waals surface area contributed by atoms with Gasteiger partial charge in [0.2, 0.25) is 0 Å². The van der Waals surface area contributed by atoms with Crippen LogP contribution in [0.1, 0.15) is 424 Å². The van der Waals surface area contributed by atoms with E-state index in [-0.39, 0.29) is 17.5 Å². The third-order valence-electron chi connectivity index (χ3n) is 18.7. The molecule has 0 aliphatic rings. The van der Waals surface area contributed by atoms with Gasteiger partial charge in [0.1, 0.15) is 0 Å². The molecular formula is C108H241N3O12. The van der Waals surface area contributed by atoms with Crippen LogP contribution in [0.4, 0.5) is 0 Å². The van der Waals surface area contributed by atoms with Crippen LogP contribution in [0.25, 0.3) is 0 Å². The smallest absolute Gasteiger partial charge is 0.308 e. The van der Waals surface area contributed by atoms with Crippen molar-refractivity contribution >= 4 is 5.97 Å². The zero-order valence-corrected chi connectivity index (χ0v) is 93.0. The lowest BCUT2D eigenvalue weighted by molar-refractivity contribution is -0.145. The Morgan fingerprint density at radius 3 is 1.09 bits per heavy atom. The number of ether oxygens (including phenoxy) is 9. The number of carbonyl (C=O) groups excluding carboxylic acids is 1. The standard InChI is InChI=1S/C15H32O3.C14H30O2.C12H26.C10H20O3.C9H21N.C9H20O2.C8H19N.C8H18.C7H17N.C6H14O.C5H12O.C5H12/c1-14(2)8-6-9-17-10-7-11-18-13-15(3,4)12-16-5;1-5-6-7-14(4)12-16-11-10-15-9-8-13(2)3;1-10(2)7-8-11(3)9-12(4,5)6;1-4-12-7-6-10(11)13-8-5-9(2)3;1-5-10(6-2)8-7-9(3)4;1-4-10-7-8-11-6-5-9(2)3;1-8(2)6-5-7-9(3)4;1-4-5-6-7-8(2)3;1-7(2)5-6-8(3)4;1-5(2)4-6(3)7;1-5(2)3-4-6;1-4-5(2)3/h14H,6-13H2,1-5H3;13-14H,5-12H2,1-4H3;10-11H,7-9H2,1-6H3;9H,4-8H2,1-3H3;9H,5-8H2,1-4H3;9H,4-8H2,1-3H3;8H,5-7H2,1-4H3;8H,4-7H2,1-3H3;7H,5-6H2,1-4H3;5-7H,4H2,1-3H3;5-6H,3-4H2,1-2H3;5H,4H2,1-3H3. The third-order valence-corrected chi connectivity index (χ3v) is 18.7. The molecule has 0 aromatic heterocycles. The SMILES string of the molecule is CC(C)CC(C)O.CC(C)CCC(C)CC(C)(C)C.CC(C)CCCN(C)C.CC(C)CCN(C)C.CC(C)CCO.CCC(C)C.CCCCC(C)COCCOCCC(C)C.CCCCCC(C)C.CCN(CC)CCC(C)C.CCOCCC(=O)OCCC(C)C.CCOCCOCCC(C)C.COCC(C)(C)COCCCOCCCC(C)C. The number of nitrogens with zero attached hydrogens (tertiary/aromatic N) is 3. The lowest BCUT2D eigenvalue weighted by Gasteiger charge is -2.23. The molecule has 123 heavy (non-hydrogen) atoms. The van der Waals surface area contributed by atoms with E-state index in [1.165, 1.54) is 142 Å². The molecular weight excluding hydrogens is 1530 g/mol. The van der Waals surface area contributed by atoms with Gasteiger partial charge in [-0.05, 0) is 260 Å². The Labute approximate surface area is 778 Å². The minimum atomic E-state index is -0.158. The molecule has 760 valence electrons. The highest BCUT2D eigenvalue weighted by Crippen LogP contribution is 2.28. The fourth-order valence-electron chi connectivity index (χ4n) is 10.5. The Kier molecular flexibility index (Phi) is 138. The average molecular weight is 1770 g/mol. The van der Waals surface area contributed by atoms with Crippen LogP contribution >= 0.6 is 0 Å². The quantitative estimate of drug-likeness (QED) is 0.0439. The Morgan fingerprint density at radius 1 is 0.341 bits per heavy atom. The van der Waals surface area contributed by atoms with Crippen molar-refractivity contribution in [2.75, 3.05) is 180 Å². The molecule has 0 aromatic rings. The first-order valence-electron chi connectivity index (χ1n) is 51.3. The second-order valence-corrected chi connectivity index (χ2v) is 42.1. The summed E-state index contributed by atoms with van der Waals surface area (Å²) in [4.78, 5) is 17.9. The molecule has 3 atom stereocenters. The number of unbranched alkanes of at least 4 members (excludes halogenated alkanes) is 3. The van der Waals surface area contributed by atoms with Crippen LogP contribution in [-0.4, -0.2) is 217 Å². The second kappa shape index (κ2) is 115. The van der Waals surface area contributed by atoms with Gasteiger partial charge >= 0.3 is 5.97 Å². The monoisotopic (exact) mass is 1770 g/mol. The van der Waals surface area contributed by atoms with E-state index in [2.05, 4.69) is 292 Å². The molecule has 0 spiro atoms. The van der Waals surface area contributed by atoms with Gasteiger partial charge in [-0.2, -0.15) is 0 Å². The molecule has 0 fully saturated rings. The minimum absolute atomic E-state index is 0.104. The maximum atomic E-state index is 11.0. The maximum absolute atomic E-state index is 11.0. The molecule has 0 saturated carbocycles. The van der Waals surface area contributed by atoms with Crippen molar-refractivity contribution in [2.24, 2.45) is 93.7 Å². The molecule has 0 bridgehead atoms. The van der Waals surface area contributed by atoms with Crippen molar-refractivity contribution in [3.8, 4) is 0 Å². The Hall–Kier alpha value is -1.05. The number of rotatable bonds is 62. The highest BCUT2D eigenvalue weighted by Gasteiger charge is 2.18. The number of esters is 1. The summed E-state index contributed by atoms with van der Waals surface area (Å²) >= 11 is 0. The van der Waals surface area contributed by atoms with Gasteiger partial charge in [0.05, 0.1) is 65.4 Å². The molecule has 0 amide bonds. The Morgan fingerprint density at radius 2 is 0.732 bits per heavy atom. The van der Waals surface area contributed by atoms with Crippen molar-refractivity contribution in [1.29, 1.82) is 0 Å². The molecule has 2 N–H and O–H groups in total. The number of methoxy groups -OCH3 is 1. The highest BCUT2D eigenvalue weighted by molar-refractivity contribution is 5.69. The van der Waals surface area contributed by atoms with E-state index in [4.69, 9.17) is 52.8 Å². The van der Waals surface area contributed by atoms with Crippen molar-refractivity contribution in [2.45, 2.75) is 430 Å². The van der Waals surface area contributed by atoms with Crippen LogP contribution < -0.4 is 0 Å². The summed E-state index contributed by atoms with van der Waals surface area (Å²) in [6.07, 6.45) is 29.0. The van der Waals surface area contributed by atoms with E-state index in [0.717, 1.165) is 184 Å². The van der Waals surface area contributed by atoms with Crippen LogP contribution in [0.15, 0.2) is 0 Å². The Bertz CT molecular complexity index is 1780. The van der Waals surface area contributed by atoms with Gasteiger partial charge in [-0.3, -0.25) is 4.79 Å². The first kappa shape index (κ1) is 148. The number of hydrogen-bond donors (Lipinski definition) is 2. The normalized spacial score (nSPS) is 12.0. The molecule has 15 nitrogen and oxygen atoms in total. The summed E-state index contributed by atoms with van der Waals surface area (Å²) in [5.41, 5.74) is 0.614. The Balaban J connectivity index is -0.000000111. The average Bonchev–Trinajstić information content (AvgIpc) is 0.950. The predicted molar refractivity (Wildman–Crippen MR) is 551 cm³/mol. The first-order chi connectivity index (χ1) is 57.3. The van der Waals surface area contributed by atoms with Gasteiger partial charge in [-0.25, -0.2) is 0 Å². The van der Waals surface area contributed by atoms with Crippen LogP contribution in [-0.2, 0) is 47.4 Å². The zero-order chi connectivity index (χ0) is 97.9. The van der Waals surface area contributed by atoms with Crippen molar-refractivity contribution in [1.82, 2.24) is 14.7 Å². The second-order valence-electron chi connectivity index (χ2n) is 42.1. The van der Waals surface area contributed by atoms with Gasteiger partial charge in [0.25, 0.3) is 0 Å². The number of aliphatic hydroxyl groups is 2. The molecule has 0 aliphatic carbocycles.